The van der Waals surface area contributed by atoms with Crippen LogP contribution in [0.4, 0.5) is 0 Å². The number of benzene rings is 2. The van der Waals surface area contributed by atoms with Crippen molar-refractivity contribution in [1.29, 1.82) is 0 Å². The summed E-state index contributed by atoms with van der Waals surface area (Å²) in [5.74, 6) is 1.87. The second kappa shape index (κ2) is 12.6. The number of allylic oxidation sites excluding steroid dienone is 1. The van der Waals surface area contributed by atoms with Crippen LogP contribution in [0.1, 0.15) is 35.5 Å². The van der Waals surface area contributed by atoms with Crippen LogP contribution in [0.2, 0.25) is 0 Å². The maximum absolute atomic E-state index is 12.3. The second-order valence-corrected chi connectivity index (χ2v) is 10.0. The Balaban J connectivity index is 1.22. The maximum atomic E-state index is 12.3. The molecule has 3 aromatic rings. The molecule has 2 aromatic carbocycles. The Morgan fingerprint density at radius 3 is 2.50 bits per heavy atom. The zero-order valence-electron chi connectivity index (χ0n) is 21.4. The fraction of sp³-hybridized carbons (Fsp3) is 0.286. The molecule has 2 heterocycles. The van der Waals surface area contributed by atoms with Gasteiger partial charge in [0.15, 0.2) is 5.78 Å². The maximum Gasteiger partial charge on any atom is 0.219 e. The van der Waals surface area contributed by atoms with Crippen molar-refractivity contribution in [3.05, 3.63) is 89.0 Å². The number of ether oxygens (including phenoxy) is 3. The molecule has 10 heteroatoms. The first-order valence-corrected chi connectivity index (χ1v) is 12.9. The Hall–Kier alpha value is -3.89. The summed E-state index contributed by atoms with van der Waals surface area (Å²) in [5, 5.41) is 18.4. The highest BCUT2D eigenvalue weighted by molar-refractivity contribution is 8.15. The number of hydrogen-bond donors (Lipinski definition) is 1. The van der Waals surface area contributed by atoms with Crippen molar-refractivity contribution in [3.63, 3.8) is 0 Å². The summed E-state index contributed by atoms with van der Waals surface area (Å²) in [6.45, 7) is 4.11. The third-order valence-electron chi connectivity index (χ3n) is 5.81. The quantitative estimate of drug-likeness (QED) is 0.271. The van der Waals surface area contributed by atoms with Crippen LogP contribution in [-0.2, 0) is 22.7 Å². The smallest absolute Gasteiger partial charge is 0.219 e. The number of thioether (sulfide) groups is 1. The van der Waals surface area contributed by atoms with Crippen molar-refractivity contribution < 1.29 is 28.9 Å². The Morgan fingerprint density at radius 1 is 1.13 bits per heavy atom. The summed E-state index contributed by atoms with van der Waals surface area (Å²) in [4.78, 5) is 24.1. The highest BCUT2D eigenvalue weighted by Gasteiger charge is 2.29. The minimum atomic E-state index is -0.809. The van der Waals surface area contributed by atoms with Crippen molar-refractivity contribution in [2.24, 2.45) is 0 Å². The molecule has 4 rings (SSSR count). The van der Waals surface area contributed by atoms with Gasteiger partial charge in [-0.05, 0) is 61.9 Å². The van der Waals surface area contributed by atoms with E-state index in [1.807, 2.05) is 31.2 Å². The van der Waals surface area contributed by atoms with Crippen LogP contribution >= 0.6 is 11.8 Å². The van der Waals surface area contributed by atoms with Crippen LogP contribution in [0, 0.1) is 0 Å². The molecule has 0 aliphatic carbocycles. The predicted molar refractivity (Wildman–Crippen MR) is 144 cm³/mol. The first-order chi connectivity index (χ1) is 18.3. The molecule has 0 fully saturated rings. The number of rotatable bonds is 12. The summed E-state index contributed by atoms with van der Waals surface area (Å²) >= 11 is 1.22. The first kappa shape index (κ1) is 27.2. The lowest BCUT2D eigenvalue weighted by Crippen LogP contribution is -2.23. The third-order valence-corrected chi connectivity index (χ3v) is 6.90. The van der Waals surface area contributed by atoms with E-state index in [1.54, 1.807) is 50.6 Å². The van der Waals surface area contributed by atoms with Crippen LogP contribution in [0.5, 0.6) is 11.5 Å². The lowest BCUT2D eigenvalue weighted by atomic mass is 10.1. The number of aliphatic hydroxyl groups is 1. The van der Waals surface area contributed by atoms with Gasteiger partial charge in [0.25, 0.3) is 0 Å². The van der Waals surface area contributed by atoms with Crippen LogP contribution in [0.15, 0.2) is 72.1 Å². The van der Waals surface area contributed by atoms with Crippen LogP contribution in [-0.4, -0.2) is 56.1 Å². The van der Waals surface area contributed by atoms with E-state index >= 15 is 0 Å². The molecule has 1 aliphatic rings. The van der Waals surface area contributed by atoms with Crippen molar-refractivity contribution >= 4 is 28.7 Å². The number of hydrogen-bond acceptors (Lipinski definition) is 9. The van der Waals surface area contributed by atoms with E-state index < -0.39 is 6.10 Å². The molecule has 0 bridgehead atoms. The first-order valence-electron chi connectivity index (χ1n) is 12.0. The van der Waals surface area contributed by atoms with Gasteiger partial charge in [-0.1, -0.05) is 35.2 Å². The van der Waals surface area contributed by atoms with Gasteiger partial charge in [-0.25, -0.2) is 4.68 Å². The number of methoxy groups -OCH3 is 1. The third kappa shape index (κ3) is 7.11. The number of aromatic nitrogens is 3. The molecule has 9 nitrogen and oxygen atoms in total. The van der Waals surface area contributed by atoms with Gasteiger partial charge in [-0.15, -0.1) is 5.10 Å². The molecular weight excluding hydrogens is 506 g/mol. The van der Waals surface area contributed by atoms with Crippen LogP contribution in [0.3, 0.4) is 0 Å². The predicted octanol–water partition coefficient (Wildman–Crippen LogP) is 4.08. The lowest BCUT2D eigenvalue weighted by Gasteiger charge is -2.15. The summed E-state index contributed by atoms with van der Waals surface area (Å²) in [6, 6.07) is 14.3. The van der Waals surface area contributed by atoms with Gasteiger partial charge in [-0.3, -0.25) is 9.59 Å². The Labute approximate surface area is 225 Å². The molecule has 1 aromatic heterocycles. The minimum absolute atomic E-state index is 0.00818. The van der Waals surface area contributed by atoms with Gasteiger partial charge in [0, 0.05) is 11.1 Å². The minimum Gasteiger partial charge on any atom is -0.497 e. The molecule has 2 unspecified atom stereocenters. The monoisotopic (exact) mass is 535 g/mol. The number of carbonyl (C=O) groups is 2. The lowest BCUT2D eigenvalue weighted by molar-refractivity contribution is -0.107. The number of aliphatic hydroxyl groups excluding tert-OH is 1. The highest BCUT2D eigenvalue weighted by Crippen LogP contribution is 2.34. The number of carbonyl (C=O) groups excluding carboxylic acids is 2. The van der Waals surface area contributed by atoms with Gasteiger partial charge in [-0.2, -0.15) is 0 Å². The molecule has 198 valence electrons. The molecule has 0 spiro atoms. The Bertz CT molecular complexity index is 1330. The van der Waals surface area contributed by atoms with Gasteiger partial charge < -0.3 is 19.3 Å². The fourth-order valence-corrected chi connectivity index (χ4v) is 4.69. The molecule has 1 aliphatic heterocycles. The van der Waals surface area contributed by atoms with Gasteiger partial charge in [0.05, 0.1) is 25.1 Å². The molecule has 0 amide bonds. The molecule has 0 saturated carbocycles. The van der Waals surface area contributed by atoms with Crippen molar-refractivity contribution in [3.8, 4) is 11.5 Å². The summed E-state index contributed by atoms with van der Waals surface area (Å²) in [6.07, 6.45) is 4.17. The molecular formula is C28H29N3O6S. The highest BCUT2D eigenvalue weighted by atomic mass is 32.2. The van der Waals surface area contributed by atoms with Gasteiger partial charge >= 0.3 is 0 Å². The van der Waals surface area contributed by atoms with Crippen molar-refractivity contribution in [2.45, 2.75) is 38.4 Å². The summed E-state index contributed by atoms with van der Waals surface area (Å²) in [7, 11) is 1.58. The fourth-order valence-electron chi connectivity index (χ4n) is 3.74. The number of nitrogens with zero attached hydrogens (tertiary/aromatic N) is 3. The standard InChI is InChI=1S/C28H29N3O6S/c1-18-27(19(2)38-28(18)34)37-17-23(32)15-31-14-22(29-30-31)16-36-25-9-4-20(5-10-25)6-13-26(33)21-7-11-24(35-3)12-8-21/h4-14,19,23,32H,15-17H2,1-3H3/b13-6+. The summed E-state index contributed by atoms with van der Waals surface area (Å²) in [5.41, 5.74) is 2.65. The Morgan fingerprint density at radius 2 is 1.84 bits per heavy atom. The zero-order chi connectivity index (χ0) is 27.1. The van der Waals surface area contributed by atoms with E-state index in [-0.39, 0.29) is 35.9 Å². The normalized spacial score (nSPS) is 16.2. The van der Waals surface area contributed by atoms with E-state index in [1.165, 1.54) is 22.5 Å². The summed E-state index contributed by atoms with van der Waals surface area (Å²) < 4.78 is 18.1. The van der Waals surface area contributed by atoms with Crippen molar-refractivity contribution in [1.82, 2.24) is 15.0 Å². The molecule has 2 atom stereocenters. The molecule has 0 saturated heterocycles. The largest absolute Gasteiger partial charge is 0.497 e. The van der Waals surface area contributed by atoms with E-state index in [0.29, 0.717) is 34.1 Å². The van der Waals surface area contributed by atoms with Crippen LogP contribution in [0.25, 0.3) is 6.08 Å². The molecule has 0 radical (unpaired) electrons. The van der Waals surface area contributed by atoms with Crippen molar-refractivity contribution in [2.75, 3.05) is 13.7 Å². The van der Waals surface area contributed by atoms with Gasteiger partial charge in [0.1, 0.15) is 42.3 Å². The SMILES string of the molecule is COc1ccc(C(=O)/C=C/c2ccc(OCc3cn(CC(O)COC4=C(C)C(=O)SC4C)nn3)cc2)cc1. The average Bonchev–Trinajstić information content (AvgIpc) is 3.47. The van der Waals surface area contributed by atoms with Crippen LogP contribution < -0.4 is 9.47 Å². The van der Waals surface area contributed by atoms with Gasteiger partial charge in [0.2, 0.25) is 5.12 Å². The van der Waals surface area contributed by atoms with E-state index in [9.17, 15) is 14.7 Å². The van der Waals surface area contributed by atoms with E-state index in [2.05, 4.69) is 10.3 Å². The molecule has 38 heavy (non-hydrogen) atoms. The Kier molecular flexibility index (Phi) is 8.98. The number of ketones is 1. The average molecular weight is 536 g/mol. The topological polar surface area (TPSA) is 113 Å². The molecule has 1 N–H and O–H groups in total. The second-order valence-electron chi connectivity index (χ2n) is 8.72. The van der Waals surface area contributed by atoms with E-state index in [0.717, 1.165) is 5.56 Å². The van der Waals surface area contributed by atoms with E-state index in [4.69, 9.17) is 14.2 Å². The zero-order valence-corrected chi connectivity index (χ0v) is 22.2.